The lowest BCUT2D eigenvalue weighted by atomic mass is 10.2. The summed E-state index contributed by atoms with van der Waals surface area (Å²) >= 11 is 0. The fourth-order valence-corrected chi connectivity index (χ4v) is 2.20. The van der Waals surface area contributed by atoms with Gasteiger partial charge in [-0.25, -0.2) is 0 Å². The molecule has 1 aromatic carbocycles. The van der Waals surface area contributed by atoms with E-state index in [0.717, 1.165) is 25.1 Å². The third-order valence-corrected chi connectivity index (χ3v) is 3.59. The predicted molar refractivity (Wildman–Crippen MR) is 93.4 cm³/mol. The van der Waals surface area contributed by atoms with E-state index >= 15 is 0 Å². The zero-order valence-corrected chi connectivity index (χ0v) is 13.9. The lowest BCUT2D eigenvalue weighted by Gasteiger charge is -2.19. The van der Waals surface area contributed by atoms with Gasteiger partial charge in [0, 0.05) is 37.2 Å². The molecular formula is C18H23N3O2. The molecule has 0 atom stereocenters. The van der Waals surface area contributed by atoms with Crippen LogP contribution in [0.5, 0.6) is 5.75 Å². The first-order chi connectivity index (χ1) is 11.1. The minimum atomic E-state index is -0.232. The highest BCUT2D eigenvalue weighted by atomic mass is 16.5. The van der Waals surface area contributed by atoms with E-state index < -0.39 is 0 Å². The number of hydrogen-bond donors (Lipinski definition) is 1. The van der Waals surface area contributed by atoms with Crippen molar-refractivity contribution in [2.45, 2.75) is 19.8 Å². The Hall–Kier alpha value is -2.56. The third kappa shape index (κ3) is 4.71. The molecule has 0 aliphatic carbocycles. The van der Waals surface area contributed by atoms with Crippen molar-refractivity contribution in [2.24, 2.45) is 0 Å². The van der Waals surface area contributed by atoms with Gasteiger partial charge in [-0.3, -0.25) is 9.78 Å². The molecule has 2 aromatic rings. The van der Waals surface area contributed by atoms with Gasteiger partial charge in [0.05, 0.1) is 7.11 Å². The number of methoxy groups -OCH3 is 1. The quantitative estimate of drug-likeness (QED) is 0.849. The Labute approximate surface area is 137 Å². The standard InChI is InChI=1S/C18H23N3O2/c1-4-5-11-21(2)15-9-10-19-17(13-15)18(22)20-14-7-6-8-16(12-14)23-3/h6-10,12-13H,4-5,11H2,1-3H3,(H,20,22). The van der Waals surface area contributed by atoms with Gasteiger partial charge in [0.2, 0.25) is 0 Å². The van der Waals surface area contributed by atoms with E-state index in [9.17, 15) is 4.79 Å². The maximum atomic E-state index is 12.4. The van der Waals surface area contributed by atoms with Crippen molar-refractivity contribution in [3.63, 3.8) is 0 Å². The van der Waals surface area contributed by atoms with Crippen LogP contribution in [0.3, 0.4) is 0 Å². The molecule has 0 saturated heterocycles. The van der Waals surface area contributed by atoms with Crippen LogP contribution in [0.1, 0.15) is 30.3 Å². The van der Waals surface area contributed by atoms with E-state index in [-0.39, 0.29) is 5.91 Å². The summed E-state index contributed by atoms with van der Waals surface area (Å²) in [6.45, 7) is 3.12. The van der Waals surface area contributed by atoms with Crippen LogP contribution in [-0.2, 0) is 0 Å². The molecule has 5 heteroatoms. The molecule has 0 aliphatic heterocycles. The average Bonchev–Trinajstić information content (AvgIpc) is 2.59. The second-order valence-corrected chi connectivity index (χ2v) is 5.36. The summed E-state index contributed by atoms with van der Waals surface area (Å²) in [5, 5.41) is 2.84. The normalized spacial score (nSPS) is 10.2. The van der Waals surface area contributed by atoms with Crippen molar-refractivity contribution in [3.8, 4) is 5.75 Å². The summed E-state index contributed by atoms with van der Waals surface area (Å²) in [6.07, 6.45) is 3.92. The molecule has 0 radical (unpaired) electrons. The fourth-order valence-electron chi connectivity index (χ4n) is 2.20. The molecule has 1 aromatic heterocycles. The summed E-state index contributed by atoms with van der Waals surface area (Å²) in [7, 11) is 3.62. The summed E-state index contributed by atoms with van der Waals surface area (Å²) in [5.74, 6) is 0.466. The van der Waals surface area contributed by atoms with Crippen molar-refractivity contribution in [1.29, 1.82) is 0 Å². The van der Waals surface area contributed by atoms with Crippen LogP contribution < -0.4 is 15.0 Å². The number of aromatic nitrogens is 1. The van der Waals surface area contributed by atoms with Crippen LogP contribution in [0.2, 0.25) is 0 Å². The molecular weight excluding hydrogens is 290 g/mol. The average molecular weight is 313 g/mol. The van der Waals surface area contributed by atoms with Gasteiger partial charge in [-0.05, 0) is 30.7 Å². The van der Waals surface area contributed by atoms with Crippen LogP contribution in [0.15, 0.2) is 42.6 Å². The molecule has 0 spiro atoms. The molecule has 1 heterocycles. The number of nitrogens with zero attached hydrogens (tertiary/aromatic N) is 2. The Morgan fingerprint density at radius 2 is 2.13 bits per heavy atom. The molecule has 0 fully saturated rings. The summed E-state index contributed by atoms with van der Waals surface area (Å²) in [5.41, 5.74) is 2.07. The van der Waals surface area contributed by atoms with Crippen molar-refractivity contribution in [1.82, 2.24) is 4.98 Å². The first-order valence-electron chi connectivity index (χ1n) is 7.76. The van der Waals surface area contributed by atoms with Gasteiger partial charge in [-0.1, -0.05) is 19.4 Å². The molecule has 23 heavy (non-hydrogen) atoms. The zero-order valence-electron chi connectivity index (χ0n) is 13.9. The van der Waals surface area contributed by atoms with E-state index in [1.807, 2.05) is 37.4 Å². The first-order valence-corrected chi connectivity index (χ1v) is 7.76. The Balaban J connectivity index is 2.09. The number of benzene rings is 1. The number of pyridine rings is 1. The summed E-state index contributed by atoms with van der Waals surface area (Å²) in [4.78, 5) is 18.7. The number of carbonyl (C=O) groups excluding carboxylic acids is 1. The molecule has 2 rings (SSSR count). The van der Waals surface area contributed by atoms with E-state index in [0.29, 0.717) is 17.1 Å². The number of carbonyl (C=O) groups is 1. The van der Waals surface area contributed by atoms with Gasteiger partial charge in [0.15, 0.2) is 0 Å². The minimum Gasteiger partial charge on any atom is -0.497 e. The number of amides is 1. The molecule has 0 saturated carbocycles. The number of hydrogen-bond acceptors (Lipinski definition) is 4. The summed E-state index contributed by atoms with van der Waals surface area (Å²) in [6, 6.07) is 11.0. The van der Waals surface area contributed by atoms with Crippen LogP contribution in [0.25, 0.3) is 0 Å². The van der Waals surface area contributed by atoms with Crippen LogP contribution >= 0.6 is 0 Å². The molecule has 0 bridgehead atoms. The monoisotopic (exact) mass is 313 g/mol. The van der Waals surface area contributed by atoms with Gasteiger partial charge in [-0.15, -0.1) is 0 Å². The molecule has 122 valence electrons. The SMILES string of the molecule is CCCCN(C)c1ccnc(C(=O)Nc2cccc(OC)c2)c1. The predicted octanol–water partition coefficient (Wildman–Crippen LogP) is 3.58. The molecule has 1 amide bonds. The van der Waals surface area contributed by atoms with E-state index in [4.69, 9.17) is 4.74 Å². The number of ether oxygens (including phenoxy) is 1. The summed E-state index contributed by atoms with van der Waals surface area (Å²) < 4.78 is 5.16. The first kappa shape index (κ1) is 16.8. The molecule has 0 unspecified atom stereocenters. The fraction of sp³-hybridized carbons (Fsp3) is 0.333. The highest BCUT2D eigenvalue weighted by Gasteiger charge is 2.10. The Bertz CT molecular complexity index is 658. The largest absolute Gasteiger partial charge is 0.497 e. The van der Waals surface area contributed by atoms with Crippen LogP contribution in [0, 0.1) is 0 Å². The Kier molecular flexibility index (Phi) is 5.97. The second kappa shape index (κ2) is 8.17. The van der Waals surface area contributed by atoms with Crippen molar-refractivity contribution in [3.05, 3.63) is 48.3 Å². The number of nitrogens with one attached hydrogen (secondary N) is 1. The van der Waals surface area contributed by atoms with Gasteiger partial charge < -0.3 is 15.0 Å². The molecule has 0 aliphatic rings. The number of rotatable bonds is 7. The van der Waals surface area contributed by atoms with Gasteiger partial charge >= 0.3 is 0 Å². The highest BCUT2D eigenvalue weighted by molar-refractivity contribution is 6.03. The number of anilines is 2. The lowest BCUT2D eigenvalue weighted by Crippen LogP contribution is -2.20. The lowest BCUT2D eigenvalue weighted by molar-refractivity contribution is 0.102. The molecule has 1 N–H and O–H groups in total. The maximum absolute atomic E-state index is 12.4. The molecule has 5 nitrogen and oxygen atoms in total. The van der Waals surface area contributed by atoms with Gasteiger partial charge in [-0.2, -0.15) is 0 Å². The van der Waals surface area contributed by atoms with Gasteiger partial charge in [0.25, 0.3) is 5.91 Å². The topological polar surface area (TPSA) is 54.5 Å². The smallest absolute Gasteiger partial charge is 0.274 e. The van der Waals surface area contributed by atoms with Crippen LogP contribution in [0.4, 0.5) is 11.4 Å². The zero-order chi connectivity index (χ0) is 16.7. The van der Waals surface area contributed by atoms with E-state index in [1.54, 1.807) is 19.4 Å². The van der Waals surface area contributed by atoms with Gasteiger partial charge in [0.1, 0.15) is 11.4 Å². The minimum absolute atomic E-state index is 0.232. The third-order valence-electron chi connectivity index (χ3n) is 3.59. The maximum Gasteiger partial charge on any atom is 0.274 e. The van der Waals surface area contributed by atoms with E-state index in [1.165, 1.54) is 0 Å². The highest BCUT2D eigenvalue weighted by Crippen LogP contribution is 2.18. The number of unbranched alkanes of at least 4 members (excludes halogenated alkanes) is 1. The Morgan fingerprint density at radius 1 is 1.30 bits per heavy atom. The second-order valence-electron chi connectivity index (χ2n) is 5.36. The van der Waals surface area contributed by atoms with Crippen molar-refractivity contribution >= 4 is 17.3 Å². The Morgan fingerprint density at radius 3 is 2.87 bits per heavy atom. The van der Waals surface area contributed by atoms with Crippen molar-refractivity contribution in [2.75, 3.05) is 30.9 Å². The van der Waals surface area contributed by atoms with Crippen molar-refractivity contribution < 1.29 is 9.53 Å². The van der Waals surface area contributed by atoms with Crippen LogP contribution in [-0.4, -0.2) is 31.6 Å². The van der Waals surface area contributed by atoms with E-state index in [2.05, 4.69) is 22.1 Å².